The maximum absolute atomic E-state index is 13.5. The number of ketones is 1. The van der Waals surface area contributed by atoms with E-state index in [-0.39, 0.29) is 42.5 Å². The van der Waals surface area contributed by atoms with E-state index in [1.165, 1.54) is 0 Å². The topological polar surface area (TPSA) is 99.7 Å². The molecule has 3 heterocycles. The van der Waals surface area contributed by atoms with Crippen molar-refractivity contribution in [2.45, 2.75) is 57.7 Å². The molecule has 8 nitrogen and oxygen atoms in total. The number of amides is 3. The van der Waals surface area contributed by atoms with Crippen LogP contribution in [0.1, 0.15) is 47.7 Å². The Hall–Kier alpha value is -3.55. The Bertz CT molecular complexity index is 1070. The van der Waals surface area contributed by atoms with Crippen molar-refractivity contribution < 1.29 is 19.2 Å². The molecule has 0 spiro atoms. The fraction of sp³-hybridized carbons (Fsp3) is 0.423. The molecule has 2 saturated heterocycles. The van der Waals surface area contributed by atoms with Crippen LogP contribution >= 0.6 is 0 Å². The summed E-state index contributed by atoms with van der Waals surface area (Å²) < 4.78 is 0. The van der Waals surface area contributed by atoms with Gasteiger partial charge in [-0.2, -0.15) is 0 Å². The Balaban J connectivity index is 1.45. The lowest BCUT2D eigenvalue weighted by molar-refractivity contribution is -0.138. The number of fused-ring (bicyclic) bond motifs is 1. The third-order valence-corrected chi connectivity index (χ3v) is 6.60. The molecule has 0 radical (unpaired) electrons. The second-order valence-corrected chi connectivity index (χ2v) is 9.04. The molecule has 2 aliphatic heterocycles. The zero-order chi connectivity index (χ0) is 24.2. The summed E-state index contributed by atoms with van der Waals surface area (Å²) in [6.45, 7) is 4.28. The van der Waals surface area contributed by atoms with Crippen molar-refractivity contribution >= 4 is 23.5 Å². The normalized spacial score (nSPS) is 20.2. The van der Waals surface area contributed by atoms with E-state index < -0.39 is 12.1 Å². The van der Waals surface area contributed by atoms with Crippen LogP contribution in [-0.2, 0) is 20.8 Å². The van der Waals surface area contributed by atoms with E-state index in [0.29, 0.717) is 31.4 Å². The highest BCUT2D eigenvalue weighted by atomic mass is 16.2. The number of rotatable bonds is 7. The number of nitrogens with zero attached hydrogens (tertiary/aromatic N) is 3. The summed E-state index contributed by atoms with van der Waals surface area (Å²) in [5.41, 5.74) is 2.32. The smallest absolute Gasteiger partial charge is 0.251 e. The van der Waals surface area contributed by atoms with Crippen molar-refractivity contribution in [2.75, 3.05) is 13.1 Å². The average Bonchev–Trinajstić information content (AvgIpc) is 3.41. The Morgan fingerprint density at radius 1 is 1.15 bits per heavy atom. The third-order valence-electron chi connectivity index (χ3n) is 6.60. The predicted molar refractivity (Wildman–Crippen MR) is 126 cm³/mol. The number of aromatic nitrogens is 1. The van der Waals surface area contributed by atoms with Crippen LogP contribution in [0.25, 0.3) is 0 Å². The molecule has 3 unspecified atom stereocenters. The molecule has 0 aliphatic carbocycles. The van der Waals surface area contributed by atoms with Gasteiger partial charge in [0.05, 0.1) is 19.0 Å². The van der Waals surface area contributed by atoms with Gasteiger partial charge < -0.3 is 15.1 Å². The van der Waals surface area contributed by atoms with Gasteiger partial charge in [-0.1, -0.05) is 37.1 Å². The summed E-state index contributed by atoms with van der Waals surface area (Å²) >= 11 is 0. The van der Waals surface area contributed by atoms with Gasteiger partial charge >= 0.3 is 0 Å². The first kappa shape index (κ1) is 23.6. The summed E-state index contributed by atoms with van der Waals surface area (Å²) in [7, 11) is 0. The summed E-state index contributed by atoms with van der Waals surface area (Å²) in [5, 5.41) is 2.86. The van der Waals surface area contributed by atoms with Crippen LogP contribution in [0.15, 0.2) is 48.8 Å². The quantitative estimate of drug-likeness (QED) is 0.678. The number of Topliss-reactive ketones (excluding diaryl/α,β-unsaturated/α-hetero) is 1. The number of aryl methyl sites for hydroxylation is 1. The Morgan fingerprint density at radius 3 is 2.59 bits per heavy atom. The second kappa shape index (κ2) is 10.2. The maximum Gasteiger partial charge on any atom is 0.251 e. The molecular formula is C26H30N4O4. The predicted octanol–water partition coefficient (Wildman–Crippen LogP) is 1.91. The first-order valence-corrected chi connectivity index (χ1v) is 11.8. The fourth-order valence-corrected chi connectivity index (χ4v) is 4.86. The van der Waals surface area contributed by atoms with Crippen molar-refractivity contribution in [3.05, 3.63) is 65.5 Å². The van der Waals surface area contributed by atoms with E-state index in [0.717, 1.165) is 11.1 Å². The van der Waals surface area contributed by atoms with E-state index in [1.54, 1.807) is 40.4 Å². The molecule has 2 aromatic rings. The molecule has 4 rings (SSSR count). The summed E-state index contributed by atoms with van der Waals surface area (Å²) in [6.07, 6.45) is 5.19. The van der Waals surface area contributed by atoms with Crippen LogP contribution in [0.3, 0.4) is 0 Å². The van der Waals surface area contributed by atoms with Crippen LogP contribution in [0.4, 0.5) is 0 Å². The zero-order valence-electron chi connectivity index (χ0n) is 19.6. The average molecular weight is 463 g/mol. The summed E-state index contributed by atoms with van der Waals surface area (Å²) in [5.74, 6) is -0.838. The molecule has 178 valence electrons. The minimum Gasteiger partial charge on any atom is -0.340 e. The monoisotopic (exact) mass is 462 g/mol. The number of hydrogen-bond donors (Lipinski definition) is 1. The van der Waals surface area contributed by atoms with Gasteiger partial charge in [0.2, 0.25) is 11.8 Å². The van der Waals surface area contributed by atoms with E-state index >= 15 is 0 Å². The highest BCUT2D eigenvalue weighted by Gasteiger charge is 2.52. The Morgan fingerprint density at radius 2 is 1.91 bits per heavy atom. The number of likely N-dealkylation sites (tertiary alicyclic amines) is 2. The van der Waals surface area contributed by atoms with Crippen LogP contribution in [0.5, 0.6) is 0 Å². The largest absolute Gasteiger partial charge is 0.340 e. The van der Waals surface area contributed by atoms with Crippen molar-refractivity contribution in [2.24, 2.45) is 0 Å². The molecule has 3 atom stereocenters. The Kier molecular flexibility index (Phi) is 7.05. The molecule has 8 heteroatoms. The van der Waals surface area contributed by atoms with Gasteiger partial charge in [0.1, 0.15) is 12.1 Å². The molecule has 0 bridgehead atoms. The maximum atomic E-state index is 13.5. The molecule has 3 amide bonds. The number of benzene rings is 1. The van der Waals surface area contributed by atoms with Crippen LogP contribution in [-0.4, -0.2) is 69.5 Å². The van der Waals surface area contributed by atoms with E-state index in [9.17, 15) is 19.2 Å². The SMILES string of the molecule is CCCC(NC(=O)c1ccc(C)cc1)C(=O)N1CCC2C1C(=O)CN2C(=O)Cc1cccnc1. The van der Waals surface area contributed by atoms with Gasteiger partial charge in [0, 0.05) is 24.5 Å². The number of hydrogen-bond acceptors (Lipinski definition) is 5. The number of pyridine rings is 1. The summed E-state index contributed by atoms with van der Waals surface area (Å²) in [4.78, 5) is 59.3. The van der Waals surface area contributed by atoms with Gasteiger partial charge in [0.15, 0.2) is 5.78 Å². The van der Waals surface area contributed by atoms with E-state index in [1.807, 2.05) is 32.0 Å². The van der Waals surface area contributed by atoms with Crippen molar-refractivity contribution in [1.29, 1.82) is 0 Å². The Labute approximate surface area is 199 Å². The zero-order valence-corrected chi connectivity index (χ0v) is 19.6. The van der Waals surface area contributed by atoms with Gasteiger partial charge in [0.25, 0.3) is 5.91 Å². The van der Waals surface area contributed by atoms with E-state index in [2.05, 4.69) is 10.3 Å². The molecule has 0 saturated carbocycles. The van der Waals surface area contributed by atoms with Crippen LogP contribution in [0, 0.1) is 6.92 Å². The standard InChI is InChI=1S/C26H30N4O4/c1-3-5-20(28-25(33)19-9-7-17(2)8-10-19)26(34)29-13-11-21-24(29)22(31)16-30(21)23(32)14-18-6-4-12-27-15-18/h4,6-10,12,15,20-21,24H,3,5,11,13-14,16H2,1-2H3,(H,28,33). The molecule has 1 N–H and O–H groups in total. The lowest BCUT2D eigenvalue weighted by atomic mass is 10.1. The highest BCUT2D eigenvalue weighted by Crippen LogP contribution is 2.31. The fourth-order valence-electron chi connectivity index (χ4n) is 4.86. The molecular weight excluding hydrogens is 432 g/mol. The first-order chi connectivity index (χ1) is 16.4. The lowest BCUT2D eigenvalue weighted by Crippen LogP contribution is -2.52. The van der Waals surface area contributed by atoms with Crippen LogP contribution < -0.4 is 5.32 Å². The number of nitrogens with one attached hydrogen (secondary N) is 1. The van der Waals surface area contributed by atoms with Crippen molar-refractivity contribution in [3.63, 3.8) is 0 Å². The van der Waals surface area contributed by atoms with Gasteiger partial charge in [-0.25, -0.2) is 0 Å². The van der Waals surface area contributed by atoms with E-state index in [4.69, 9.17) is 0 Å². The van der Waals surface area contributed by atoms with Gasteiger partial charge in [-0.05, 0) is 43.5 Å². The molecule has 1 aromatic carbocycles. The molecule has 2 aliphatic rings. The minimum absolute atomic E-state index is 0.00633. The third kappa shape index (κ3) is 4.85. The lowest BCUT2D eigenvalue weighted by Gasteiger charge is -2.28. The van der Waals surface area contributed by atoms with Gasteiger partial charge in [-0.15, -0.1) is 0 Å². The second-order valence-electron chi connectivity index (χ2n) is 9.04. The first-order valence-electron chi connectivity index (χ1n) is 11.8. The number of carbonyl (C=O) groups excluding carboxylic acids is 4. The molecule has 34 heavy (non-hydrogen) atoms. The van der Waals surface area contributed by atoms with Crippen molar-refractivity contribution in [3.8, 4) is 0 Å². The minimum atomic E-state index is -0.717. The highest BCUT2D eigenvalue weighted by molar-refractivity contribution is 6.01. The van der Waals surface area contributed by atoms with Crippen LogP contribution in [0.2, 0.25) is 0 Å². The number of carbonyl (C=O) groups is 4. The van der Waals surface area contributed by atoms with Crippen molar-refractivity contribution in [1.82, 2.24) is 20.1 Å². The molecule has 1 aromatic heterocycles. The summed E-state index contributed by atoms with van der Waals surface area (Å²) in [6, 6.07) is 9.08. The van der Waals surface area contributed by atoms with Gasteiger partial charge in [-0.3, -0.25) is 24.2 Å². The molecule has 2 fully saturated rings.